The average Bonchev–Trinajstić information content (AvgIpc) is 3.98. The lowest BCUT2D eigenvalue weighted by molar-refractivity contribution is -0.136. The zero-order valence-electron chi connectivity index (χ0n) is 36.2. The van der Waals surface area contributed by atoms with Gasteiger partial charge in [-0.15, -0.1) is 11.8 Å². The molecule has 0 aliphatic carbocycles. The van der Waals surface area contributed by atoms with Gasteiger partial charge in [-0.2, -0.15) is 0 Å². The van der Waals surface area contributed by atoms with Gasteiger partial charge in [-0.3, -0.25) is 34.2 Å². The second-order valence-electron chi connectivity index (χ2n) is 16.8. The number of nitrogens with one attached hydrogen (secondary N) is 3. The molecular weight excluding hydrogens is 835 g/mol. The summed E-state index contributed by atoms with van der Waals surface area (Å²) in [7, 11) is 0. The molecule has 2 saturated heterocycles. The molecule has 18 heteroatoms. The number of aromatic nitrogens is 2. The fraction of sp³-hybridized carbons (Fsp3) is 0.614. The fourth-order valence-corrected chi connectivity index (χ4v) is 9.24. The van der Waals surface area contributed by atoms with Crippen LogP contribution in [-0.4, -0.2) is 121 Å². The van der Waals surface area contributed by atoms with Crippen LogP contribution >= 0.6 is 23.1 Å². The minimum absolute atomic E-state index is 0.0151. The minimum Gasteiger partial charge on any atom is -0.444 e. The summed E-state index contributed by atoms with van der Waals surface area (Å²) in [5.74, 6) is 0.195. The molecule has 0 bridgehead atoms. The van der Waals surface area contributed by atoms with Crippen LogP contribution in [0.5, 0.6) is 0 Å². The van der Waals surface area contributed by atoms with Gasteiger partial charge in [0.1, 0.15) is 11.8 Å². The number of carbonyl (C=O) groups is 5. The predicted octanol–water partition coefficient (Wildman–Crippen LogP) is 6.28. The molecule has 3 aromatic rings. The molecular formula is C44H61N7O9S2. The van der Waals surface area contributed by atoms with Crippen molar-refractivity contribution in [2.75, 3.05) is 76.5 Å². The van der Waals surface area contributed by atoms with Gasteiger partial charge in [0, 0.05) is 43.2 Å². The number of amides is 5. The molecule has 0 saturated carbocycles. The van der Waals surface area contributed by atoms with E-state index in [1.54, 1.807) is 42.4 Å². The molecule has 5 heterocycles. The average molecular weight is 896 g/mol. The first-order valence-electron chi connectivity index (χ1n) is 21.9. The van der Waals surface area contributed by atoms with Gasteiger partial charge >= 0.3 is 0 Å². The van der Waals surface area contributed by atoms with E-state index in [4.69, 9.17) is 18.6 Å². The number of hydrogen-bond acceptors (Lipinski definition) is 15. The molecule has 2 aromatic heterocycles. The van der Waals surface area contributed by atoms with Crippen LogP contribution in [0.3, 0.4) is 0 Å². The van der Waals surface area contributed by atoms with Crippen molar-refractivity contribution in [1.29, 1.82) is 0 Å². The third-order valence-electron chi connectivity index (χ3n) is 11.1. The van der Waals surface area contributed by atoms with Crippen molar-refractivity contribution in [1.82, 2.24) is 25.1 Å². The molecule has 5 amide bonds. The maximum atomic E-state index is 13.2. The number of ether oxygens (including phenoxy) is 3. The van der Waals surface area contributed by atoms with E-state index in [-0.39, 0.29) is 41.2 Å². The molecule has 3 aliphatic heterocycles. The number of fused-ring (bicyclic) bond motifs is 1. The molecule has 3 N–H and O–H groups in total. The highest BCUT2D eigenvalue weighted by molar-refractivity contribution is 8.00. The number of hydrogen-bond donors (Lipinski definition) is 3. The summed E-state index contributed by atoms with van der Waals surface area (Å²) in [5, 5.41) is 9.15. The second-order valence-corrected chi connectivity index (χ2v) is 19.1. The van der Waals surface area contributed by atoms with Crippen LogP contribution in [-0.2, 0) is 39.8 Å². The quantitative estimate of drug-likeness (QED) is 0.0489. The summed E-state index contributed by atoms with van der Waals surface area (Å²) in [6.45, 7) is 13.2. The van der Waals surface area contributed by atoms with Gasteiger partial charge < -0.3 is 34.2 Å². The Bertz CT molecular complexity index is 1970. The van der Waals surface area contributed by atoms with Crippen LogP contribution in [0.1, 0.15) is 117 Å². The number of rotatable bonds is 25. The monoisotopic (exact) mass is 895 g/mol. The first kappa shape index (κ1) is 47.3. The molecule has 3 aliphatic rings. The van der Waals surface area contributed by atoms with Gasteiger partial charge in [0.15, 0.2) is 5.13 Å². The number of oxazole rings is 1. The van der Waals surface area contributed by atoms with Gasteiger partial charge in [-0.05, 0) is 76.7 Å². The van der Waals surface area contributed by atoms with E-state index in [0.29, 0.717) is 62.0 Å². The number of anilines is 2. The smallest absolute Gasteiger partial charge is 0.264 e. The van der Waals surface area contributed by atoms with E-state index < -0.39 is 29.7 Å². The van der Waals surface area contributed by atoms with Crippen LogP contribution < -0.4 is 16.0 Å². The highest BCUT2D eigenvalue weighted by atomic mass is 32.2. The van der Waals surface area contributed by atoms with Crippen LogP contribution in [0, 0.1) is 5.92 Å². The van der Waals surface area contributed by atoms with E-state index in [1.165, 1.54) is 11.3 Å². The summed E-state index contributed by atoms with van der Waals surface area (Å²) in [6, 6.07) is 4.05. The van der Waals surface area contributed by atoms with Crippen molar-refractivity contribution in [2.24, 2.45) is 5.92 Å². The summed E-state index contributed by atoms with van der Waals surface area (Å²) < 4.78 is 24.0. The molecule has 1 atom stereocenters. The molecule has 0 spiro atoms. The van der Waals surface area contributed by atoms with Crippen LogP contribution in [0.15, 0.2) is 39.2 Å². The van der Waals surface area contributed by atoms with E-state index in [1.807, 2.05) is 0 Å². The standard InChI is InChI=1S/C44H61N7O9S2/c1-44(2,3)34-27-46-36(60-34)29-61-37-28-47-43(62-37)49-39(53)30-15-19-50(20-16-30)18-7-4-5-8-21-57-23-25-59-26-24-58-22-9-6-17-45-32-12-10-11-31-38(32)42(56)51(41(31)55)33-13-14-35(52)48-40(33)54/h10-12,27-28,30,33,45H,4-9,13-26,29H2,1-3H3,(H,47,49,53)(H,48,52,54). The minimum atomic E-state index is -0.989. The lowest BCUT2D eigenvalue weighted by Crippen LogP contribution is -2.54. The number of likely N-dealkylation sites (tertiary alicyclic amines) is 1. The number of carbonyl (C=O) groups excluding carboxylic acids is 5. The zero-order valence-corrected chi connectivity index (χ0v) is 37.8. The number of thioether (sulfide) groups is 1. The normalized spacial score (nSPS) is 17.5. The van der Waals surface area contributed by atoms with E-state index in [0.717, 1.165) is 92.5 Å². The van der Waals surface area contributed by atoms with Crippen molar-refractivity contribution in [3.63, 3.8) is 0 Å². The largest absolute Gasteiger partial charge is 0.444 e. The Labute approximate surface area is 372 Å². The lowest BCUT2D eigenvalue weighted by atomic mass is 9.94. The van der Waals surface area contributed by atoms with Crippen molar-refractivity contribution in [3.05, 3.63) is 53.4 Å². The molecule has 2 fully saturated rings. The summed E-state index contributed by atoms with van der Waals surface area (Å²) in [6.07, 6.45) is 11.6. The van der Waals surface area contributed by atoms with Crippen LogP contribution in [0.4, 0.5) is 10.8 Å². The number of unbranched alkanes of at least 4 members (excludes halogenated alkanes) is 4. The number of imide groups is 2. The SMILES string of the molecule is CC(C)(C)c1cnc(CSc2cnc(NC(=O)C3CCN(CCCCCCOCCOCCOCCCCNc4cccc5c4C(=O)N(C4CCC(=O)NC4=O)C5=O)CC3)s2)o1. The molecule has 0 radical (unpaired) electrons. The third kappa shape index (κ3) is 13.6. The maximum Gasteiger partial charge on any atom is 0.264 e. The van der Waals surface area contributed by atoms with Crippen molar-refractivity contribution in [2.45, 2.75) is 106 Å². The summed E-state index contributed by atoms with van der Waals surface area (Å²) >= 11 is 3.10. The number of benzene rings is 1. The molecule has 62 heavy (non-hydrogen) atoms. The van der Waals surface area contributed by atoms with Crippen LogP contribution in [0.25, 0.3) is 0 Å². The maximum absolute atomic E-state index is 13.2. The van der Waals surface area contributed by atoms with Gasteiger partial charge in [-0.1, -0.05) is 51.0 Å². The first-order chi connectivity index (χ1) is 30.0. The predicted molar refractivity (Wildman–Crippen MR) is 236 cm³/mol. The Morgan fingerprint density at radius 3 is 2.31 bits per heavy atom. The number of nitrogens with zero attached hydrogens (tertiary/aromatic N) is 4. The lowest BCUT2D eigenvalue weighted by Gasteiger charge is -2.31. The Balaban J connectivity index is 0.703. The zero-order chi connectivity index (χ0) is 43.9. The second kappa shape index (κ2) is 23.5. The summed E-state index contributed by atoms with van der Waals surface area (Å²) in [5.41, 5.74) is 0.993. The first-order valence-corrected chi connectivity index (χ1v) is 23.7. The van der Waals surface area contributed by atoms with Gasteiger partial charge in [0.05, 0.1) is 59.9 Å². The van der Waals surface area contributed by atoms with Crippen molar-refractivity contribution in [3.8, 4) is 0 Å². The summed E-state index contributed by atoms with van der Waals surface area (Å²) in [4.78, 5) is 75.4. The Hall–Kier alpha value is -4.20. The fourth-order valence-electron chi connectivity index (χ4n) is 7.52. The number of thiazole rings is 1. The van der Waals surface area contributed by atoms with E-state index in [9.17, 15) is 24.0 Å². The molecule has 16 nitrogen and oxygen atoms in total. The van der Waals surface area contributed by atoms with Gasteiger partial charge in [-0.25, -0.2) is 9.97 Å². The van der Waals surface area contributed by atoms with Crippen molar-refractivity contribution < 1.29 is 42.6 Å². The molecule has 338 valence electrons. The number of piperidine rings is 2. The third-order valence-corrected chi connectivity index (χ3v) is 13.2. The topological polar surface area (TPSA) is 195 Å². The highest BCUT2D eigenvalue weighted by Crippen LogP contribution is 2.34. The van der Waals surface area contributed by atoms with Crippen LogP contribution in [0.2, 0.25) is 0 Å². The molecule has 1 unspecified atom stereocenters. The Morgan fingerprint density at radius 2 is 1.60 bits per heavy atom. The Morgan fingerprint density at radius 1 is 0.887 bits per heavy atom. The Kier molecular flexibility index (Phi) is 17.9. The molecule has 6 rings (SSSR count). The van der Waals surface area contributed by atoms with Gasteiger partial charge in [0.2, 0.25) is 23.6 Å². The van der Waals surface area contributed by atoms with Gasteiger partial charge in [0.25, 0.3) is 11.8 Å². The molecule has 1 aromatic carbocycles. The van der Waals surface area contributed by atoms with E-state index in [2.05, 4.69) is 51.6 Å². The van der Waals surface area contributed by atoms with E-state index >= 15 is 0 Å². The highest BCUT2D eigenvalue weighted by Gasteiger charge is 2.45. The van der Waals surface area contributed by atoms with Crippen molar-refractivity contribution >= 4 is 63.5 Å².